The van der Waals surface area contributed by atoms with E-state index in [0.717, 1.165) is 21.7 Å². The molecule has 0 aliphatic carbocycles. The van der Waals surface area contributed by atoms with Crippen LogP contribution in [0.25, 0.3) is 27.4 Å². The van der Waals surface area contributed by atoms with E-state index in [-0.39, 0.29) is 5.97 Å². The third kappa shape index (κ3) is 4.43. The molecule has 174 valence electrons. The molecule has 0 saturated carbocycles. The van der Waals surface area contributed by atoms with Crippen LogP contribution in [0.4, 0.5) is 5.69 Å². The Labute approximate surface area is 209 Å². The number of esters is 1. The zero-order valence-corrected chi connectivity index (χ0v) is 21.1. The standard InChI is InChI=1S/C30H27N2O2S/c1-20-9-14-28-27(17-20)32(3)29(35-28)19-24(21-10-12-22(13-11-21)30(33)34-4)18-23-15-16-31(2)26-8-6-5-7-25(23)26/h5-19H,1-4H3/q+1. The zero-order valence-electron chi connectivity index (χ0n) is 20.3. The predicted octanol–water partition coefficient (Wildman–Crippen LogP) is 6.41. The highest BCUT2D eigenvalue weighted by Crippen LogP contribution is 2.35. The summed E-state index contributed by atoms with van der Waals surface area (Å²) in [5.74, 6) is -0.334. The third-order valence-electron chi connectivity index (χ3n) is 6.32. The molecule has 0 unspecified atom stereocenters. The van der Waals surface area contributed by atoms with Crippen LogP contribution in [-0.4, -0.2) is 20.1 Å². The van der Waals surface area contributed by atoms with Crippen LogP contribution in [0.1, 0.15) is 32.1 Å². The van der Waals surface area contributed by atoms with Gasteiger partial charge in [-0.15, -0.1) is 0 Å². The second kappa shape index (κ2) is 9.35. The molecule has 1 aromatic heterocycles. The number of aryl methyl sites for hydroxylation is 2. The molecule has 0 atom stereocenters. The van der Waals surface area contributed by atoms with Crippen LogP contribution in [0.5, 0.6) is 0 Å². The van der Waals surface area contributed by atoms with E-state index < -0.39 is 0 Å². The number of ether oxygens (including phenoxy) is 1. The summed E-state index contributed by atoms with van der Waals surface area (Å²) >= 11 is 1.77. The largest absolute Gasteiger partial charge is 0.465 e. The van der Waals surface area contributed by atoms with Crippen molar-refractivity contribution in [3.05, 3.63) is 112 Å². The highest BCUT2D eigenvalue weighted by molar-refractivity contribution is 7.18. The molecule has 2 heterocycles. The maximum absolute atomic E-state index is 12.0. The lowest BCUT2D eigenvalue weighted by molar-refractivity contribution is -0.642. The monoisotopic (exact) mass is 479 g/mol. The Morgan fingerprint density at radius 3 is 2.54 bits per heavy atom. The van der Waals surface area contributed by atoms with Crippen molar-refractivity contribution in [2.24, 2.45) is 7.05 Å². The van der Waals surface area contributed by atoms with Crippen LogP contribution >= 0.6 is 11.3 Å². The molecule has 5 rings (SSSR count). The van der Waals surface area contributed by atoms with E-state index in [2.05, 4.69) is 97.4 Å². The number of methoxy groups -OCH3 is 1. The van der Waals surface area contributed by atoms with Crippen molar-refractivity contribution in [3.8, 4) is 0 Å². The number of hydrogen-bond donors (Lipinski definition) is 0. The lowest BCUT2D eigenvalue weighted by Crippen LogP contribution is -2.29. The Morgan fingerprint density at radius 1 is 1.03 bits per heavy atom. The molecule has 4 aromatic rings. The maximum Gasteiger partial charge on any atom is 0.337 e. The third-order valence-corrected chi connectivity index (χ3v) is 7.49. The number of benzene rings is 3. The topological polar surface area (TPSA) is 33.4 Å². The Bertz CT molecular complexity index is 1520. The summed E-state index contributed by atoms with van der Waals surface area (Å²) in [6.07, 6.45) is 8.70. The number of carbonyl (C=O) groups is 1. The summed E-state index contributed by atoms with van der Waals surface area (Å²) in [6, 6.07) is 22.6. The van der Waals surface area contributed by atoms with Gasteiger partial charge in [-0.1, -0.05) is 47.7 Å². The molecule has 4 nitrogen and oxygen atoms in total. The first-order chi connectivity index (χ1) is 16.9. The molecule has 1 aliphatic rings. The van der Waals surface area contributed by atoms with Crippen LogP contribution < -0.4 is 9.47 Å². The van der Waals surface area contributed by atoms with E-state index in [1.807, 2.05) is 24.3 Å². The van der Waals surface area contributed by atoms with E-state index in [9.17, 15) is 4.79 Å². The molecular formula is C30H27N2O2S+. The first kappa shape index (κ1) is 22.8. The maximum atomic E-state index is 12.0. The second-order valence-electron chi connectivity index (χ2n) is 8.68. The number of anilines is 1. The Kier molecular flexibility index (Phi) is 6.10. The average Bonchev–Trinajstić information content (AvgIpc) is 3.19. The van der Waals surface area contributed by atoms with Crippen molar-refractivity contribution in [1.82, 2.24) is 0 Å². The van der Waals surface area contributed by atoms with Gasteiger partial charge in [0.2, 0.25) is 5.52 Å². The van der Waals surface area contributed by atoms with Gasteiger partial charge >= 0.3 is 5.97 Å². The number of rotatable bonds is 4. The molecule has 0 N–H and O–H groups in total. The van der Waals surface area contributed by atoms with Gasteiger partial charge in [0, 0.05) is 36.6 Å². The smallest absolute Gasteiger partial charge is 0.337 e. The fraction of sp³-hybridized carbons (Fsp3) is 0.133. The van der Waals surface area contributed by atoms with Gasteiger partial charge in [-0.05, 0) is 65.6 Å². The molecule has 5 heteroatoms. The number of fused-ring (bicyclic) bond motifs is 2. The van der Waals surface area contributed by atoms with Crippen molar-refractivity contribution in [2.45, 2.75) is 6.92 Å². The highest BCUT2D eigenvalue weighted by Gasteiger charge is 2.18. The molecule has 1 aliphatic heterocycles. The molecule has 0 saturated heterocycles. The number of carbonyl (C=O) groups excluding carboxylic acids is 1. The summed E-state index contributed by atoms with van der Waals surface area (Å²) in [5.41, 5.74) is 8.60. The molecule has 0 radical (unpaired) electrons. The first-order valence-electron chi connectivity index (χ1n) is 11.5. The number of aromatic nitrogens is 1. The van der Waals surface area contributed by atoms with Crippen molar-refractivity contribution in [3.63, 3.8) is 0 Å². The number of allylic oxidation sites excluding steroid dienone is 4. The molecular weight excluding hydrogens is 452 g/mol. The average molecular weight is 480 g/mol. The van der Waals surface area contributed by atoms with Gasteiger partial charge in [-0.2, -0.15) is 4.57 Å². The summed E-state index contributed by atoms with van der Waals surface area (Å²) in [7, 11) is 5.58. The quantitative estimate of drug-likeness (QED) is 0.251. The fourth-order valence-electron chi connectivity index (χ4n) is 4.34. The minimum absolute atomic E-state index is 0.334. The van der Waals surface area contributed by atoms with Gasteiger partial charge in [0.05, 0.1) is 12.7 Å². The lowest BCUT2D eigenvalue weighted by Gasteiger charge is -2.24. The second-order valence-corrected chi connectivity index (χ2v) is 9.74. The number of hydrogen-bond acceptors (Lipinski definition) is 4. The molecule has 35 heavy (non-hydrogen) atoms. The van der Waals surface area contributed by atoms with Crippen LogP contribution in [0, 0.1) is 6.92 Å². The summed E-state index contributed by atoms with van der Waals surface area (Å²) in [5, 5.41) is 1.15. The molecule has 0 bridgehead atoms. The zero-order chi connectivity index (χ0) is 24.5. The van der Waals surface area contributed by atoms with Crippen LogP contribution in [0.15, 0.2) is 85.1 Å². The lowest BCUT2D eigenvalue weighted by atomic mass is 9.95. The van der Waals surface area contributed by atoms with E-state index in [1.54, 1.807) is 11.3 Å². The molecule has 0 amide bonds. The predicted molar refractivity (Wildman–Crippen MR) is 145 cm³/mol. The van der Waals surface area contributed by atoms with Gasteiger partial charge in [-0.25, -0.2) is 4.79 Å². The number of nitrogens with zero attached hydrogens (tertiary/aromatic N) is 2. The van der Waals surface area contributed by atoms with Crippen molar-refractivity contribution < 1.29 is 14.1 Å². The first-order valence-corrected chi connectivity index (χ1v) is 12.3. The van der Waals surface area contributed by atoms with Gasteiger partial charge in [0.25, 0.3) is 5.01 Å². The number of para-hydroxylation sites is 1. The summed E-state index contributed by atoms with van der Waals surface area (Å²) in [6.45, 7) is 2.12. The van der Waals surface area contributed by atoms with Gasteiger partial charge in [0.15, 0.2) is 0 Å². The Hall–Kier alpha value is -3.96. The minimum Gasteiger partial charge on any atom is -0.465 e. The van der Waals surface area contributed by atoms with Crippen LogP contribution in [0.2, 0.25) is 0 Å². The van der Waals surface area contributed by atoms with Gasteiger partial charge in [0.1, 0.15) is 11.7 Å². The van der Waals surface area contributed by atoms with Crippen LogP contribution in [0.3, 0.4) is 0 Å². The summed E-state index contributed by atoms with van der Waals surface area (Å²) in [4.78, 5) is 14.1. The van der Waals surface area contributed by atoms with Crippen molar-refractivity contribution in [1.29, 1.82) is 0 Å². The summed E-state index contributed by atoms with van der Waals surface area (Å²) < 4.78 is 8.38. The minimum atomic E-state index is -0.334. The SMILES string of the molecule is COC(=O)c1ccc(C(=C\c2sc3ccc(C)cc3[n+]2C)/C=C2\C=CN(C)c3ccccc32)cc1. The van der Waals surface area contributed by atoms with E-state index >= 15 is 0 Å². The molecule has 0 spiro atoms. The number of thiazole rings is 1. The Morgan fingerprint density at radius 2 is 1.77 bits per heavy atom. The normalized spacial score (nSPS) is 14.5. The highest BCUT2D eigenvalue weighted by atomic mass is 32.1. The van der Waals surface area contributed by atoms with E-state index in [4.69, 9.17) is 4.74 Å². The van der Waals surface area contributed by atoms with E-state index in [0.29, 0.717) is 5.56 Å². The molecule has 3 aromatic carbocycles. The van der Waals surface area contributed by atoms with Crippen molar-refractivity contribution in [2.75, 3.05) is 19.1 Å². The fourth-order valence-corrected chi connectivity index (χ4v) is 5.42. The van der Waals surface area contributed by atoms with Crippen LogP contribution in [-0.2, 0) is 11.8 Å². The van der Waals surface area contributed by atoms with Gasteiger partial charge < -0.3 is 9.64 Å². The van der Waals surface area contributed by atoms with Crippen molar-refractivity contribution >= 4 is 50.4 Å². The molecule has 0 fully saturated rings. The Balaban J connectivity index is 1.67. The van der Waals surface area contributed by atoms with Gasteiger partial charge in [-0.3, -0.25) is 0 Å². The van der Waals surface area contributed by atoms with E-state index in [1.165, 1.54) is 34.1 Å².